The van der Waals surface area contributed by atoms with E-state index in [0.29, 0.717) is 18.2 Å². The Hall–Kier alpha value is -1.52. The van der Waals surface area contributed by atoms with Gasteiger partial charge in [-0.25, -0.2) is 4.98 Å². The summed E-state index contributed by atoms with van der Waals surface area (Å²) in [5.41, 5.74) is 7.39. The van der Waals surface area contributed by atoms with Crippen molar-refractivity contribution in [2.75, 3.05) is 0 Å². The summed E-state index contributed by atoms with van der Waals surface area (Å²) in [6.45, 7) is 2.80. The zero-order valence-electron chi connectivity index (χ0n) is 9.53. The van der Waals surface area contributed by atoms with Crippen LogP contribution in [0, 0.1) is 6.92 Å². The van der Waals surface area contributed by atoms with Crippen LogP contribution in [0.1, 0.15) is 17.1 Å². The van der Waals surface area contributed by atoms with Crippen molar-refractivity contribution in [2.45, 2.75) is 20.1 Å². The number of ether oxygens (including phenoxy) is 1. The van der Waals surface area contributed by atoms with E-state index in [-0.39, 0.29) is 0 Å². The quantitative estimate of drug-likeness (QED) is 0.877. The molecule has 3 N–H and O–H groups in total. The average Bonchev–Trinajstić information content (AvgIpc) is 2.76. The zero-order valence-corrected chi connectivity index (χ0v) is 10.3. The van der Waals surface area contributed by atoms with E-state index in [1.807, 2.05) is 19.1 Å². The molecule has 0 unspecified atom stereocenters. The highest BCUT2D eigenvalue weighted by Gasteiger charge is 2.03. The lowest BCUT2D eigenvalue weighted by Crippen LogP contribution is -2.00. The first kappa shape index (κ1) is 12.0. The van der Waals surface area contributed by atoms with E-state index < -0.39 is 0 Å². The molecule has 17 heavy (non-hydrogen) atoms. The van der Waals surface area contributed by atoms with Crippen LogP contribution >= 0.6 is 11.6 Å². The van der Waals surface area contributed by atoms with Gasteiger partial charge >= 0.3 is 0 Å². The fourth-order valence-corrected chi connectivity index (χ4v) is 1.73. The van der Waals surface area contributed by atoms with Gasteiger partial charge in [-0.2, -0.15) is 0 Å². The summed E-state index contributed by atoms with van der Waals surface area (Å²) in [7, 11) is 0. The van der Waals surface area contributed by atoms with Crippen LogP contribution < -0.4 is 10.5 Å². The van der Waals surface area contributed by atoms with Crippen LogP contribution in [-0.2, 0) is 13.2 Å². The first-order valence-corrected chi connectivity index (χ1v) is 5.68. The molecule has 0 radical (unpaired) electrons. The third-order valence-corrected chi connectivity index (χ3v) is 2.64. The molecule has 2 aromatic rings. The number of H-pyrrole nitrogens is 1. The van der Waals surface area contributed by atoms with E-state index in [1.54, 1.807) is 12.3 Å². The van der Waals surface area contributed by atoms with Gasteiger partial charge in [-0.1, -0.05) is 11.6 Å². The van der Waals surface area contributed by atoms with Gasteiger partial charge in [-0.15, -0.1) is 0 Å². The van der Waals surface area contributed by atoms with Crippen LogP contribution in [0.4, 0.5) is 0 Å². The summed E-state index contributed by atoms with van der Waals surface area (Å²) in [4.78, 5) is 7.24. The number of imidazole rings is 1. The minimum absolute atomic E-state index is 0.391. The Labute approximate surface area is 105 Å². The third-order valence-electron chi connectivity index (χ3n) is 2.40. The van der Waals surface area contributed by atoms with Crippen molar-refractivity contribution in [2.24, 2.45) is 5.73 Å². The van der Waals surface area contributed by atoms with E-state index in [4.69, 9.17) is 22.1 Å². The minimum atomic E-state index is 0.391. The molecule has 0 aliphatic heterocycles. The highest BCUT2D eigenvalue weighted by atomic mass is 35.5. The fraction of sp³-hybridized carbons (Fsp3) is 0.250. The zero-order chi connectivity index (χ0) is 12.3. The standard InChI is InChI=1S/C12H14ClN3O/c1-8-4-9(13)2-3-11(8)17-7-12-15-6-10(5-14)16-12/h2-4,6H,5,7,14H2,1H3,(H,15,16). The second-order valence-corrected chi connectivity index (χ2v) is 4.19. The van der Waals surface area contributed by atoms with E-state index in [9.17, 15) is 0 Å². The predicted octanol–water partition coefficient (Wildman–Crippen LogP) is 2.41. The maximum absolute atomic E-state index is 5.87. The normalized spacial score (nSPS) is 10.5. The molecule has 0 amide bonds. The second-order valence-electron chi connectivity index (χ2n) is 3.76. The number of halogens is 1. The summed E-state index contributed by atoms with van der Waals surface area (Å²) in [5.74, 6) is 1.57. The Morgan fingerprint density at radius 3 is 2.94 bits per heavy atom. The first-order chi connectivity index (χ1) is 8.19. The summed E-state index contributed by atoms with van der Waals surface area (Å²) < 4.78 is 5.64. The summed E-state index contributed by atoms with van der Waals surface area (Å²) in [6, 6.07) is 5.52. The molecule has 0 bridgehead atoms. The molecule has 5 heteroatoms. The van der Waals surface area contributed by atoms with Gasteiger partial charge < -0.3 is 15.5 Å². The molecular weight excluding hydrogens is 238 g/mol. The lowest BCUT2D eigenvalue weighted by molar-refractivity contribution is 0.295. The van der Waals surface area contributed by atoms with Gasteiger partial charge in [0.15, 0.2) is 0 Å². The molecular formula is C12H14ClN3O. The van der Waals surface area contributed by atoms with Gasteiger partial charge in [0.2, 0.25) is 0 Å². The molecule has 90 valence electrons. The van der Waals surface area contributed by atoms with Crippen LogP contribution in [0.3, 0.4) is 0 Å². The molecule has 1 aromatic heterocycles. The number of hydrogen-bond acceptors (Lipinski definition) is 3. The third kappa shape index (κ3) is 2.99. The van der Waals surface area contributed by atoms with Crippen molar-refractivity contribution < 1.29 is 4.74 Å². The minimum Gasteiger partial charge on any atom is -0.485 e. The smallest absolute Gasteiger partial charge is 0.146 e. The van der Waals surface area contributed by atoms with Crippen molar-refractivity contribution in [3.8, 4) is 5.75 Å². The molecule has 2 rings (SSSR count). The number of aromatic nitrogens is 2. The molecule has 0 aliphatic carbocycles. The van der Waals surface area contributed by atoms with Crippen LogP contribution in [0.5, 0.6) is 5.75 Å². The maximum Gasteiger partial charge on any atom is 0.146 e. The van der Waals surface area contributed by atoms with Crippen molar-refractivity contribution in [3.05, 3.63) is 46.5 Å². The van der Waals surface area contributed by atoms with Gasteiger partial charge in [-0.05, 0) is 30.7 Å². The Morgan fingerprint density at radius 2 is 2.29 bits per heavy atom. The maximum atomic E-state index is 5.87. The number of aryl methyl sites for hydroxylation is 1. The molecule has 0 spiro atoms. The Kier molecular flexibility index (Phi) is 3.66. The number of nitrogens with zero attached hydrogens (tertiary/aromatic N) is 1. The van der Waals surface area contributed by atoms with Gasteiger partial charge in [0, 0.05) is 23.5 Å². The average molecular weight is 252 g/mol. The highest BCUT2D eigenvalue weighted by molar-refractivity contribution is 6.30. The number of nitrogens with one attached hydrogen (secondary N) is 1. The van der Waals surface area contributed by atoms with Crippen LogP contribution in [0.15, 0.2) is 24.4 Å². The Bertz CT molecular complexity index is 510. The van der Waals surface area contributed by atoms with Crippen molar-refractivity contribution >= 4 is 11.6 Å². The monoisotopic (exact) mass is 251 g/mol. The van der Waals surface area contributed by atoms with Crippen molar-refractivity contribution in [1.82, 2.24) is 9.97 Å². The molecule has 1 aromatic carbocycles. The van der Waals surface area contributed by atoms with Crippen molar-refractivity contribution in [1.29, 1.82) is 0 Å². The van der Waals surface area contributed by atoms with Crippen molar-refractivity contribution in [3.63, 3.8) is 0 Å². The van der Waals surface area contributed by atoms with Gasteiger partial charge in [0.05, 0.1) is 0 Å². The molecule has 0 atom stereocenters. The fourth-order valence-electron chi connectivity index (χ4n) is 1.50. The predicted molar refractivity (Wildman–Crippen MR) is 67.0 cm³/mol. The van der Waals surface area contributed by atoms with Gasteiger partial charge in [0.1, 0.15) is 18.2 Å². The topological polar surface area (TPSA) is 63.9 Å². The SMILES string of the molecule is Cc1cc(Cl)ccc1OCc1ncc(CN)[nH]1. The summed E-state index contributed by atoms with van der Waals surface area (Å²) in [6.07, 6.45) is 1.72. The van der Waals surface area contributed by atoms with Gasteiger partial charge in [-0.3, -0.25) is 0 Å². The summed E-state index contributed by atoms with van der Waals surface area (Å²) in [5, 5.41) is 0.707. The Balaban J connectivity index is 2.02. The van der Waals surface area contributed by atoms with E-state index in [1.165, 1.54) is 0 Å². The number of nitrogens with two attached hydrogens (primary N) is 1. The van der Waals surface area contributed by atoms with E-state index >= 15 is 0 Å². The largest absolute Gasteiger partial charge is 0.485 e. The molecule has 0 saturated heterocycles. The molecule has 4 nitrogen and oxygen atoms in total. The van der Waals surface area contributed by atoms with Crippen LogP contribution in [-0.4, -0.2) is 9.97 Å². The first-order valence-electron chi connectivity index (χ1n) is 5.31. The van der Waals surface area contributed by atoms with Crippen LogP contribution in [0.25, 0.3) is 0 Å². The van der Waals surface area contributed by atoms with Gasteiger partial charge in [0.25, 0.3) is 0 Å². The second kappa shape index (κ2) is 5.21. The molecule has 0 fully saturated rings. The lowest BCUT2D eigenvalue weighted by atomic mass is 10.2. The number of aromatic amines is 1. The molecule has 0 saturated carbocycles. The van der Waals surface area contributed by atoms with E-state index in [0.717, 1.165) is 22.8 Å². The number of benzene rings is 1. The number of hydrogen-bond donors (Lipinski definition) is 2. The summed E-state index contributed by atoms with van der Waals surface area (Å²) >= 11 is 5.87. The van der Waals surface area contributed by atoms with Crippen LogP contribution in [0.2, 0.25) is 5.02 Å². The molecule has 1 heterocycles. The lowest BCUT2D eigenvalue weighted by Gasteiger charge is -2.07. The number of rotatable bonds is 4. The molecule has 0 aliphatic rings. The Morgan fingerprint density at radius 1 is 1.47 bits per heavy atom. The van der Waals surface area contributed by atoms with E-state index in [2.05, 4.69) is 9.97 Å². The highest BCUT2D eigenvalue weighted by Crippen LogP contribution is 2.22.